The van der Waals surface area contributed by atoms with Crippen LogP contribution in [-0.2, 0) is 10.1 Å². The number of halogens is 1. The van der Waals surface area contributed by atoms with Crippen LogP contribution in [0.2, 0.25) is 0 Å². The van der Waals surface area contributed by atoms with Crippen molar-refractivity contribution in [3.05, 3.63) is 52.1 Å². The van der Waals surface area contributed by atoms with Gasteiger partial charge in [-0.05, 0) is 71.0 Å². The van der Waals surface area contributed by atoms with Crippen LogP contribution in [0.1, 0.15) is 13.8 Å². The van der Waals surface area contributed by atoms with Crippen LogP contribution in [0, 0.1) is 9.49 Å². The molecular weight excluding hydrogens is 479 g/mol. The second kappa shape index (κ2) is 8.05. The minimum absolute atomic E-state index is 0.0468. The van der Waals surface area contributed by atoms with Gasteiger partial charge in [0.05, 0.1) is 0 Å². The molecule has 144 valence electrons. The third-order valence-corrected chi connectivity index (χ3v) is 6.05. The second-order valence-corrected chi connectivity index (χ2v) is 9.55. The Morgan fingerprint density at radius 2 is 1.81 bits per heavy atom. The number of hydrogen-bond donors (Lipinski definition) is 0. The Balaban J connectivity index is 1.74. The molecule has 2 aromatic rings. The highest BCUT2D eigenvalue weighted by atomic mass is 127. The van der Waals surface area contributed by atoms with Gasteiger partial charge < -0.3 is 9.08 Å². The molecule has 1 fully saturated rings. The smallest absolute Gasteiger partial charge is 0.339 e. The Hall–Kier alpha value is -1.81. The molecule has 2 amide bonds. The van der Waals surface area contributed by atoms with E-state index >= 15 is 0 Å². The van der Waals surface area contributed by atoms with E-state index in [4.69, 9.17) is 4.18 Å². The van der Waals surface area contributed by atoms with Crippen molar-refractivity contribution in [3.63, 3.8) is 0 Å². The fraction of sp³-hybridized carbons (Fsp3) is 0.316. The summed E-state index contributed by atoms with van der Waals surface area (Å²) in [6, 6.07) is 13.0. The Morgan fingerprint density at radius 1 is 1.11 bits per heavy atom. The monoisotopic (exact) mass is 500 g/mol. The maximum atomic E-state index is 12.5. The lowest BCUT2D eigenvalue weighted by Crippen LogP contribution is -2.34. The van der Waals surface area contributed by atoms with E-state index in [2.05, 4.69) is 36.4 Å². The van der Waals surface area contributed by atoms with E-state index in [0.29, 0.717) is 31.2 Å². The Morgan fingerprint density at radius 3 is 2.44 bits per heavy atom. The number of carbonyl (C=O) groups is 1. The molecule has 0 aliphatic carbocycles. The molecule has 1 saturated heterocycles. The molecule has 0 radical (unpaired) electrons. The molecule has 8 heteroatoms. The van der Waals surface area contributed by atoms with Crippen LogP contribution in [0.5, 0.6) is 5.75 Å². The van der Waals surface area contributed by atoms with Gasteiger partial charge in [-0.1, -0.05) is 19.9 Å². The van der Waals surface area contributed by atoms with Crippen molar-refractivity contribution in [1.29, 1.82) is 0 Å². The van der Waals surface area contributed by atoms with E-state index in [1.807, 2.05) is 11.0 Å². The van der Waals surface area contributed by atoms with Gasteiger partial charge in [0, 0.05) is 28.9 Å². The van der Waals surface area contributed by atoms with Crippen LogP contribution in [0.15, 0.2) is 53.4 Å². The first-order chi connectivity index (χ1) is 12.8. The predicted octanol–water partition coefficient (Wildman–Crippen LogP) is 3.96. The standard InChI is InChI=1S/C19H21IN2O4S/c1-14(2)13-21-10-11-22(19(21)23)16-6-8-18(9-7-16)27(24,25)26-17-5-3-4-15(20)12-17/h3-9,12,14H,10-11,13H2,1-2H3. The van der Waals surface area contributed by atoms with Gasteiger partial charge in [-0.3, -0.25) is 4.90 Å². The lowest BCUT2D eigenvalue weighted by molar-refractivity contribution is 0.215. The molecule has 0 atom stereocenters. The third-order valence-electron chi connectivity index (χ3n) is 4.12. The van der Waals surface area contributed by atoms with Crippen LogP contribution in [0.4, 0.5) is 10.5 Å². The van der Waals surface area contributed by atoms with Gasteiger partial charge in [-0.15, -0.1) is 0 Å². The molecule has 0 unspecified atom stereocenters. The largest absolute Gasteiger partial charge is 0.379 e. The summed E-state index contributed by atoms with van der Waals surface area (Å²) in [5, 5.41) is 0. The minimum Gasteiger partial charge on any atom is -0.379 e. The highest BCUT2D eigenvalue weighted by Gasteiger charge is 2.30. The molecule has 3 rings (SSSR count). The van der Waals surface area contributed by atoms with E-state index in [9.17, 15) is 13.2 Å². The van der Waals surface area contributed by atoms with Crippen molar-refractivity contribution >= 4 is 44.4 Å². The Bertz CT molecular complexity index is 929. The lowest BCUT2D eigenvalue weighted by Gasteiger charge is -2.20. The van der Waals surface area contributed by atoms with Gasteiger partial charge in [-0.25, -0.2) is 4.79 Å². The quantitative estimate of drug-likeness (QED) is 0.445. The van der Waals surface area contributed by atoms with E-state index < -0.39 is 10.1 Å². The molecule has 27 heavy (non-hydrogen) atoms. The van der Waals surface area contributed by atoms with Crippen LogP contribution in [0.3, 0.4) is 0 Å². The van der Waals surface area contributed by atoms with Gasteiger partial charge in [0.1, 0.15) is 10.6 Å². The Kier molecular flexibility index (Phi) is 5.95. The topological polar surface area (TPSA) is 66.9 Å². The normalized spacial score (nSPS) is 14.9. The minimum atomic E-state index is -3.93. The summed E-state index contributed by atoms with van der Waals surface area (Å²) < 4.78 is 31.0. The van der Waals surface area contributed by atoms with Gasteiger partial charge in [0.15, 0.2) is 0 Å². The summed E-state index contributed by atoms with van der Waals surface area (Å²) in [6.45, 7) is 6.13. The summed E-state index contributed by atoms with van der Waals surface area (Å²) >= 11 is 2.09. The van der Waals surface area contributed by atoms with Crippen LogP contribution in [0.25, 0.3) is 0 Å². The number of hydrogen-bond acceptors (Lipinski definition) is 4. The first-order valence-corrected chi connectivity index (χ1v) is 11.1. The second-order valence-electron chi connectivity index (χ2n) is 6.76. The van der Waals surface area contributed by atoms with E-state index in [0.717, 1.165) is 3.57 Å². The summed E-state index contributed by atoms with van der Waals surface area (Å²) in [5.74, 6) is 0.671. The number of benzene rings is 2. The van der Waals surface area contributed by atoms with Crippen molar-refractivity contribution in [1.82, 2.24) is 4.90 Å². The zero-order valence-corrected chi connectivity index (χ0v) is 18.1. The molecule has 1 aliphatic heterocycles. The zero-order valence-electron chi connectivity index (χ0n) is 15.1. The molecule has 0 aromatic heterocycles. The summed E-state index contributed by atoms with van der Waals surface area (Å²) in [6.07, 6.45) is 0. The Labute approximate surface area is 173 Å². The molecule has 1 aliphatic rings. The van der Waals surface area contributed by atoms with Crippen LogP contribution < -0.4 is 9.08 Å². The average Bonchev–Trinajstić information content (AvgIpc) is 2.95. The fourth-order valence-corrected chi connectivity index (χ4v) is 4.36. The summed E-state index contributed by atoms with van der Waals surface area (Å²) in [4.78, 5) is 16.0. The molecule has 1 heterocycles. The maximum Gasteiger partial charge on any atom is 0.339 e. The number of urea groups is 1. The molecule has 0 saturated carbocycles. The van der Waals surface area contributed by atoms with Gasteiger partial charge >= 0.3 is 16.1 Å². The molecule has 6 nitrogen and oxygen atoms in total. The van der Waals surface area contributed by atoms with Crippen molar-refractivity contribution in [2.45, 2.75) is 18.7 Å². The number of carbonyl (C=O) groups excluding carboxylic acids is 1. The SMILES string of the molecule is CC(C)CN1CCN(c2ccc(S(=O)(=O)Oc3cccc(I)c3)cc2)C1=O. The average molecular weight is 500 g/mol. The zero-order chi connectivity index (χ0) is 19.6. The molecule has 0 N–H and O–H groups in total. The van der Waals surface area contributed by atoms with E-state index in [1.165, 1.54) is 12.1 Å². The van der Waals surface area contributed by atoms with Gasteiger partial charge in [0.25, 0.3) is 0 Å². The molecule has 0 spiro atoms. The van der Waals surface area contributed by atoms with Crippen molar-refractivity contribution in [3.8, 4) is 5.75 Å². The van der Waals surface area contributed by atoms with Crippen molar-refractivity contribution < 1.29 is 17.4 Å². The first-order valence-electron chi connectivity index (χ1n) is 8.63. The highest BCUT2D eigenvalue weighted by molar-refractivity contribution is 14.1. The van der Waals surface area contributed by atoms with Gasteiger partial charge in [-0.2, -0.15) is 8.42 Å². The summed E-state index contributed by atoms with van der Waals surface area (Å²) in [5.41, 5.74) is 0.680. The predicted molar refractivity (Wildman–Crippen MR) is 113 cm³/mol. The van der Waals surface area contributed by atoms with E-state index in [1.54, 1.807) is 35.2 Å². The van der Waals surface area contributed by atoms with Crippen molar-refractivity contribution in [2.75, 3.05) is 24.5 Å². The van der Waals surface area contributed by atoms with Crippen molar-refractivity contribution in [2.24, 2.45) is 5.92 Å². The molecular formula is C19H21IN2O4S. The number of nitrogens with zero attached hydrogens (tertiary/aromatic N) is 2. The molecule has 2 aromatic carbocycles. The third kappa shape index (κ3) is 4.73. The number of amides is 2. The fourth-order valence-electron chi connectivity index (χ4n) is 2.92. The van der Waals surface area contributed by atoms with Crippen LogP contribution in [-0.4, -0.2) is 39.0 Å². The van der Waals surface area contributed by atoms with E-state index in [-0.39, 0.29) is 16.7 Å². The summed E-state index contributed by atoms with van der Waals surface area (Å²) in [7, 11) is -3.93. The first kappa shape index (κ1) is 19.9. The lowest BCUT2D eigenvalue weighted by atomic mass is 10.2. The van der Waals surface area contributed by atoms with Gasteiger partial charge in [0.2, 0.25) is 0 Å². The maximum absolute atomic E-state index is 12.5. The molecule has 0 bridgehead atoms. The number of anilines is 1. The number of rotatable bonds is 6. The van der Waals surface area contributed by atoms with Crippen LogP contribution >= 0.6 is 22.6 Å². The highest BCUT2D eigenvalue weighted by Crippen LogP contribution is 2.25.